The zero-order valence-corrected chi connectivity index (χ0v) is 12.8. The number of aliphatic hydroxyl groups excluding tert-OH is 1. The standard InChI is InChI=1S/C16H24N2O3/c1-12-7-13(2)9-14(8-12)15(19)10-17-16(20)11-18-3-5-21-6-4-18/h7-9,15,19H,3-6,10-11H2,1-2H3,(H,17,20)/t15-/m1/s1. The monoisotopic (exact) mass is 292 g/mol. The van der Waals surface area contributed by atoms with Crippen molar-refractivity contribution < 1.29 is 14.6 Å². The summed E-state index contributed by atoms with van der Waals surface area (Å²) in [6, 6.07) is 5.96. The molecule has 1 saturated heterocycles. The summed E-state index contributed by atoms with van der Waals surface area (Å²) in [5.74, 6) is -0.0553. The summed E-state index contributed by atoms with van der Waals surface area (Å²) in [4.78, 5) is 13.9. The van der Waals surface area contributed by atoms with Crippen LogP contribution in [0.1, 0.15) is 22.8 Å². The van der Waals surface area contributed by atoms with Gasteiger partial charge in [0, 0.05) is 19.6 Å². The molecule has 1 aromatic carbocycles. The number of rotatable bonds is 5. The molecule has 2 N–H and O–H groups in total. The van der Waals surface area contributed by atoms with Gasteiger partial charge in [-0.25, -0.2) is 0 Å². The van der Waals surface area contributed by atoms with Crippen molar-refractivity contribution >= 4 is 5.91 Å². The molecule has 1 amide bonds. The van der Waals surface area contributed by atoms with Gasteiger partial charge in [0.25, 0.3) is 0 Å². The largest absolute Gasteiger partial charge is 0.387 e. The van der Waals surface area contributed by atoms with E-state index in [-0.39, 0.29) is 12.5 Å². The molecule has 5 heteroatoms. The number of aryl methyl sites for hydroxylation is 2. The fourth-order valence-electron chi connectivity index (χ4n) is 2.55. The fourth-order valence-corrected chi connectivity index (χ4v) is 2.55. The van der Waals surface area contributed by atoms with Crippen molar-refractivity contribution in [1.29, 1.82) is 0 Å². The summed E-state index contributed by atoms with van der Waals surface area (Å²) in [6.45, 7) is 7.53. The first-order valence-corrected chi connectivity index (χ1v) is 7.37. The molecular weight excluding hydrogens is 268 g/mol. The molecular formula is C16H24N2O3. The average Bonchev–Trinajstić information content (AvgIpc) is 2.45. The van der Waals surface area contributed by atoms with Crippen LogP contribution in [0, 0.1) is 13.8 Å². The van der Waals surface area contributed by atoms with Crippen LogP contribution in [0.4, 0.5) is 0 Å². The molecule has 0 saturated carbocycles. The van der Waals surface area contributed by atoms with Crippen molar-refractivity contribution in [3.8, 4) is 0 Å². The second kappa shape index (κ2) is 7.54. The molecule has 1 fully saturated rings. The van der Waals surface area contributed by atoms with Crippen LogP contribution in [0.2, 0.25) is 0 Å². The second-order valence-electron chi connectivity index (χ2n) is 5.63. The maximum Gasteiger partial charge on any atom is 0.234 e. The Labute approximate surface area is 125 Å². The summed E-state index contributed by atoms with van der Waals surface area (Å²) >= 11 is 0. The van der Waals surface area contributed by atoms with Crippen molar-refractivity contribution in [3.63, 3.8) is 0 Å². The molecule has 0 spiro atoms. The Bertz CT molecular complexity index is 464. The number of benzene rings is 1. The van der Waals surface area contributed by atoms with E-state index in [0.717, 1.165) is 29.8 Å². The number of hydrogen-bond donors (Lipinski definition) is 2. The van der Waals surface area contributed by atoms with E-state index in [0.29, 0.717) is 19.8 Å². The molecule has 116 valence electrons. The van der Waals surface area contributed by atoms with Gasteiger partial charge in [-0.3, -0.25) is 9.69 Å². The number of aliphatic hydroxyl groups is 1. The summed E-state index contributed by atoms with van der Waals surface area (Å²) in [7, 11) is 0. The third kappa shape index (κ3) is 5.12. The van der Waals surface area contributed by atoms with Crippen LogP contribution in [0.5, 0.6) is 0 Å². The predicted molar refractivity (Wildman–Crippen MR) is 81.1 cm³/mol. The summed E-state index contributed by atoms with van der Waals surface area (Å²) in [6.07, 6.45) is -0.669. The Morgan fingerprint density at radius 3 is 2.52 bits per heavy atom. The van der Waals surface area contributed by atoms with E-state index in [1.54, 1.807) is 0 Å². The van der Waals surface area contributed by atoms with E-state index in [9.17, 15) is 9.90 Å². The molecule has 0 bridgehead atoms. The maximum absolute atomic E-state index is 11.9. The minimum absolute atomic E-state index is 0.0553. The van der Waals surface area contributed by atoms with Crippen LogP contribution in [0.3, 0.4) is 0 Å². The van der Waals surface area contributed by atoms with E-state index >= 15 is 0 Å². The Morgan fingerprint density at radius 2 is 1.90 bits per heavy atom. The second-order valence-corrected chi connectivity index (χ2v) is 5.63. The highest BCUT2D eigenvalue weighted by Gasteiger charge is 2.15. The molecule has 0 unspecified atom stereocenters. The van der Waals surface area contributed by atoms with E-state index in [1.807, 2.05) is 26.0 Å². The molecule has 1 aromatic rings. The highest BCUT2D eigenvalue weighted by molar-refractivity contribution is 5.78. The van der Waals surface area contributed by atoms with Crippen LogP contribution in [0.25, 0.3) is 0 Å². The number of amides is 1. The number of nitrogens with one attached hydrogen (secondary N) is 1. The van der Waals surface area contributed by atoms with Gasteiger partial charge in [-0.05, 0) is 19.4 Å². The maximum atomic E-state index is 11.9. The number of ether oxygens (including phenoxy) is 1. The van der Waals surface area contributed by atoms with Crippen LogP contribution in [0.15, 0.2) is 18.2 Å². The Morgan fingerprint density at radius 1 is 1.29 bits per heavy atom. The lowest BCUT2D eigenvalue weighted by Crippen LogP contribution is -2.43. The Kier molecular flexibility index (Phi) is 5.73. The first-order chi connectivity index (χ1) is 10.0. The Balaban J connectivity index is 1.79. The van der Waals surface area contributed by atoms with Gasteiger partial charge < -0.3 is 15.2 Å². The number of nitrogens with zero attached hydrogens (tertiary/aromatic N) is 1. The van der Waals surface area contributed by atoms with Gasteiger partial charge in [0.15, 0.2) is 0 Å². The van der Waals surface area contributed by atoms with Crippen molar-refractivity contribution in [2.75, 3.05) is 39.4 Å². The zero-order valence-electron chi connectivity index (χ0n) is 12.8. The summed E-state index contributed by atoms with van der Waals surface area (Å²) in [5, 5.41) is 13.0. The van der Waals surface area contributed by atoms with E-state index in [1.165, 1.54) is 0 Å². The molecule has 0 aliphatic carbocycles. The lowest BCUT2D eigenvalue weighted by molar-refractivity contribution is -0.123. The summed E-state index contributed by atoms with van der Waals surface area (Å²) < 4.78 is 5.25. The number of carbonyl (C=O) groups excluding carboxylic acids is 1. The van der Waals surface area contributed by atoms with Gasteiger partial charge in [0.1, 0.15) is 0 Å². The van der Waals surface area contributed by atoms with E-state index in [4.69, 9.17) is 4.74 Å². The first-order valence-electron chi connectivity index (χ1n) is 7.37. The third-order valence-corrected chi connectivity index (χ3v) is 3.59. The molecule has 1 aliphatic rings. The third-order valence-electron chi connectivity index (χ3n) is 3.59. The number of hydrogen-bond acceptors (Lipinski definition) is 4. The van der Waals surface area contributed by atoms with Gasteiger partial charge in [0.05, 0.1) is 25.9 Å². The average molecular weight is 292 g/mol. The van der Waals surface area contributed by atoms with Crippen LogP contribution < -0.4 is 5.32 Å². The van der Waals surface area contributed by atoms with Gasteiger partial charge in [-0.1, -0.05) is 29.3 Å². The number of carbonyl (C=O) groups is 1. The SMILES string of the molecule is Cc1cc(C)cc([C@H](O)CNC(=O)CN2CCOCC2)c1. The van der Waals surface area contributed by atoms with Gasteiger partial charge in [-0.15, -0.1) is 0 Å². The van der Waals surface area contributed by atoms with Gasteiger partial charge in [0.2, 0.25) is 5.91 Å². The van der Waals surface area contributed by atoms with Crippen LogP contribution >= 0.6 is 0 Å². The van der Waals surface area contributed by atoms with Crippen LogP contribution in [-0.2, 0) is 9.53 Å². The van der Waals surface area contributed by atoms with Crippen molar-refractivity contribution in [2.45, 2.75) is 20.0 Å². The van der Waals surface area contributed by atoms with Crippen molar-refractivity contribution in [1.82, 2.24) is 10.2 Å². The Hall–Kier alpha value is -1.43. The summed E-state index contributed by atoms with van der Waals surface area (Å²) in [5.41, 5.74) is 3.08. The molecule has 21 heavy (non-hydrogen) atoms. The van der Waals surface area contributed by atoms with Gasteiger partial charge >= 0.3 is 0 Å². The highest BCUT2D eigenvalue weighted by Crippen LogP contribution is 2.16. The molecule has 0 aromatic heterocycles. The lowest BCUT2D eigenvalue weighted by atomic mass is 10.0. The highest BCUT2D eigenvalue weighted by atomic mass is 16.5. The first kappa shape index (κ1) is 15.9. The van der Waals surface area contributed by atoms with Crippen molar-refractivity contribution in [3.05, 3.63) is 34.9 Å². The molecule has 1 atom stereocenters. The molecule has 0 radical (unpaired) electrons. The lowest BCUT2D eigenvalue weighted by Gasteiger charge is -2.26. The van der Waals surface area contributed by atoms with E-state index < -0.39 is 6.10 Å². The zero-order chi connectivity index (χ0) is 15.2. The van der Waals surface area contributed by atoms with Gasteiger partial charge in [-0.2, -0.15) is 0 Å². The van der Waals surface area contributed by atoms with Crippen LogP contribution in [-0.4, -0.2) is 55.3 Å². The predicted octanol–water partition coefficient (Wildman–Crippen LogP) is 0.785. The molecule has 5 nitrogen and oxygen atoms in total. The molecule has 2 rings (SSSR count). The van der Waals surface area contributed by atoms with Crippen molar-refractivity contribution in [2.24, 2.45) is 0 Å². The van der Waals surface area contributed by atoms with E-state index in [2.05, 4.69) is 16.3 Å². The quantitative estimate of drug-likeness (QED) is 0.842. The molecule has 1 heterocycles. The number of morpholine rings is 1. The topological polar surface area (TPSA) is 61.8 Å². The minimum Gasteiger partial charge on any atom is -0.387 e. The fraction of sp³-hybridized carbons (Fsp3) is 0.562. The molecule has 1 aliphatic heterocycles. The normalized spacial score (nSPS) is 17.5. The minimum atomic E-state index is -0.669. The smallest absolute Gasteiger partial charge is 0.234 e.